The lowest BCUT2D eigenvalue weighted by molar-refractivity contribution is -0.121. The first-order valence-corrected chi connectivity index (χ1v) is 6.81. The maximum absolute atomic E-state index is 11.5. The topological polar surface area (TPSA) is 50.4 Å². The predicted molar refractivity (Wildman–Crippen MR) is 77.3 cm³/mol. The van der Waals surface area contributed by atoms with Gasteiger partial charge in [0.25, 0.3) is 0 Å². The Labute approximate surface area is 119 Å². The van der Waals surface area contributed by atoms with Gasteiger partial charge in [0.1, 0.15) is 0 Å². The molecule has 5 heteroatoms. The van der Waals surface area contributed by atoms with Gasteiger partial charge in [-0.2, -0.15) is 0 Å². The van der Waals surface area contributed by atoms with Crippen LogP contribution in [0.1, 0.15) is 18.4 Å². The minimum absolute atomic E-state index is 0.0692. The number of carbonyl (C=O) groups excluding carboxylic acids is 1. The number of halogens is 1. The van der Waals surface area contributed by atoms with Gasteiger partial charge >= 0.3 is 0 Å². The third-order valence-corrected chi connectivity index (χ3v) is 2.87. The van der Waals surface area contributed by atoms with E-state index in [1.165, 1.54) is 0 Å². The van der Waals surface area contributed by atoms with E-state index in [0.29, 0.717) is 26.1 Å². The van der Waals surface area contributed by atoms with Crippen LogP contribution in [-0.4, -0.2) is 32.7 Å². The van der Waals surface area contributed by atoms with Crippen LogP contribution in [0.15, 0.2) is 24.3 Å². The molecule has 0 unspecified atom stereocenters. The Hall–Kier alpha value is -1.10. The summed E-state index contributed by atoms with van der Waals surface area (Å²) in [6, 6.07) is 7.67. The average Bonchev–Trinajstić information content (AvgIpc) is 2.42. The van der Waals surface area contributed by atoms with Crippen LogP contribution in [-0.2, 0) is 16.1 Å². The van der Waals surface area contributed by atoms with Gasteiger partial charge in [-0.05, 0) is 24.1 Å². The maximum Gasteiger partial charge on any atom is 0.221 e. The highest BCUT2D eigenvalue weighted by atomic mass is 35.5. The van der Waals surface area contributed by atoms with Crippen LogP contribution < -0.4 is 10.6 Å². The van der Waals surface area contributed by atoms with Crippen molar-refractivity contribution in [3.05, 3.63) is 34.9 Å². The normalized spacial score (nSPS) is 10.4. The van der Waals surface area contributed by atoms with E-state index in [4.69, 9.17) is 16.3 Å². The highest BCUT2D eigenvalue weighted by Gasteiger charge is 2.00. The Morgan fingerprint density at radius 2 is 2.00 bits per heavy atom. The monoisotopic (exact) mass is 284 g/mol. The third-order valence-electron chi connectivity index (χ3n) is 2.62. The Balaban J connectivity index is 2.03. The highest BCUT2D eigenvalue weighted by molar-refractivity contribution is 6.30. The number of methoxy groups -OCH3 is 1. The van der Waals surface area contributed by atoms with E-state index in [1.807, 2.05) is 24.3 Å². The Morgan fingerprint density at radius 3 is 2.68 bits per heavy atom. The van der Waals surface area contributed by atoms with Crippen molar-refractivity contribution in [1.29, 1.82) is 0 Å². The van der Waals surface area contributed by atoms with E-state index < -0.39 is 0 Å². The molecule has 106 valence electrons. The fraction of sp³-hybridized carbons (Fsp3) is 0.500. The van der Waals surface area contributed by atoms with Gasteiger partial charge in [0, 0.05) is 44.8 Å². The van der Waals surface area contributed by atoms with Crippen LogP contribution in [0, 0.1) is 0 Å². The highest BCUT2D eigenvalue weighted by Crippen LogP contribution is 2.08. The predicted octanol–water partition coefficient (Wildman–Crippen LogP) is 1.97. The first kappa shape index (κ1) is 16.0. The number of ether oxygens (including phenoxy) is 1. The van der Waals surface area contributed by atoms with Crippen molar-refractivity contribution in [2.45, 2.75) is 19.4 Å². The molecule has 1 rings (SSSR count). The van der Waals surface area contributed by atoms with Crippen molar-refractivity contribution in [3.8, 4) is 0 Å². The van der Waals surface area contributed by atoms with E-state index in [1.54, 1.807) is 7.11 Å². The van der Waals surface area contributed by atoms with Gasteiger partial charge in [0.15, 0.2) is 0 Å². The number of rotatable bonds is 9. The van der Waals surface area contributed by atoms with E-state index in [-0.39, 0.29) is 5.91 Å². The molecule has 19 heavy (non-hydrogen) atoms. The molecule has 0 saturated heterocycles. The summed E-state index contributed by atoms with van der Waals surface area (Å²) in [7, 11) is 1.66. The molecule has 0 aliphatic carbocycles. The number of carbonyl (C=O) groups is 1. The second-order valence-corrected chi connectivity index (χ2v) is 4.69. The zero-order chi connectivity index (χ0) is 13.9. The minimum atomic E-state index is 0.0692. The van der Waals surface area contributed by atoms with Gasteiger partial charge in [-0.25, -0.2) is 0 Å². The second-order valence-electron chi connectivity index (χ2n) is 4.25. The molecule has 0 aliphatic heterocycles. The zero-order valence-electron chi connectivity index (χ0n) is 11.2. The quantitative estimate of drug-likeness (QED) is 0.682. The van der Waals surface area contributed by atoms with Gasteiger partial charge < -0.3 is 15.4 Å². The molecule has 1 amide bonds. The summed E-state index contributed by atoms with van der Waals surface area (Å²) in [5.41, 5.74) is 1.16. The van der Waals surface area contributed by atoms with Gasteiger partial charge in [-0.3, -0.25) is 4.79 Å². The lowest BCUT2D eigenvalue weighted by atomic mass is 10.2. The number of nitrogens with one attached hydrogen (secondary N) is 2. The molecule has 0 spiro atoms. The van der Waals surface area contributed by atoms with Crippen molar-refractivity contribution in [1.82, 2.24) is 10.6 Å². The van der Waals surface area contributed by atoms with Gasteiger partial charge in [0.2, 0.25) is 5.91 Å². The lowest BCUT2D eigenvalue weighted by Crippen LogP contribution is -2.28. The fourth-order valence-electron chi connectivity index (χ4n) is 1.57. The molecule has 4 nitrogen and oxygen atoms in total. The summed E-state index contributed by atoms with van der Waals surface area (Å²) < 4.78 is 4.91. The zero-order valence-corrected chi connectivity index (χ0v) is 12.0. The first-order valence-electron chi connectivity index (χ1n) is 6.43. The molecule has 2 N–H and O–H groups in total. The standard InChI is InChI=1S/C14H21ClN2O2/c1-19-10-2-8-17-14(18)7-9-16-11-12-3-5-13(15)6-4-12/h3-6,16H,2,7-11H2,1H3,(H,17,18). The van der Waals surface area contributed by atoms with Crippen LogP contribution >= 0.6 is 11.6 Å². The summed E-state index contributed by atoms with van der Waals surface area (Å²) in [4.78, 5) is 11.5. The summed E-state index contributed by atoms with van der Waals surface area (Å²) >= 11 is 5.80. The van der Waals surface area contributed by atoms with E-state index >= 15 is 0 Å². The number of benzene rings is 1. The minimum Gasteiger partial charge on any atom is -0.385 e. The van der Waals surface area contributed by atoms with Crippen molar-refractivity contribution >= 4 is 17.5 Å². The molecule has 0 atom stereocenters. The molecular formula is C14H21ClN2O2. The summed E-state index contributed by atoms with van der Waals surface area (Å²) in [5, 5.41) is 6.81. The molecule has 0 radical (unpaired) electrons. The number of amides is 1. The molecule has 1 aromatic rings. The van der Waals surface area contributed by atoms with Crippen LogP contribution in [0.5, 0.6) is 0 Å². The number of hydrogen-bond acceptors (Lipinski definition) is 3. The van der Waals surface area contributed by atoms with Crippen LogP contribution in [0.2, 0.25) is 5.02 Å². The van der Waals surface area contributed by atoms with Crippen molar-refractivity contribution < 1.29 is 9.53 Å². The average molecular weight is 285 g/mol. The van der Waals surface area contributed by atoms with Crippen molar-refractivity contribution in [2.75, 3.05) is 26.8 Å². The number of hydrogen-bond donors (Lipinski definition) is 2. The van der Waals surface area contributed by atoms with Crippen molar-refractivity contribution in [2.24, 2.45) is 0 Å². The largest absolute Gasteiger partial charge is 0.385 e. The van der Waals surface area contributed by atoms with E-state index in [9.17, 15) is 4.79 Å². The van der Waals surface area contributed by atoms with Crippen LogP contribution in [0.4, 0.5) is 0 Å². The molecule has 1 aromatic carbocycles. The van der Waals surface area contributed by atoms with E-state index in [2.05, 4.69) is 10.6 Å². The molecule has 0 aliphatic rings. The third kappa shape index (κ3) is 7.82. The Bertz CT molecular complexity index is 368. The summed E-state index contributed by atoms with van der Waals surface area (Å²) in [6.07, 6.45) is 1.33. The van der Waals surface area contributed by atoms with Gasteiger partial charge in [-0.15, -0.1) is 0 Å². The molecule has 0 aromatic heterocycles. The second kappa shape index (κ2) is 9.78. The maximum atomic E-state index is 11.5. The molecule has 0 saturated carbocycles. The molecular weight excluding hydrogens is 264 g/mol. The summed E-state index contributed by atoms with van der Waals surface area (Å²) in [6.45, 7) is 2.76. The molecule has 0 heterocycles. The van der Waals surface area contributed by atoms with Gasteiger partial charge in [-0.1, -0.05) is 23.7 Å². The molecule has 0 fully saturated rings. The Kier molecular flexibility index (Phi) is 8.21. The SMILES string of the molecule is COCCCNC(=O)CCNCc1ccc(Cl)cc1. The smallest absolute Gasteiger partial charge is 0.221 e. The van der Waals surface area contributed by atoms with Crippen LogP contribution in [0.25, 0.3) is 0 Å². The van der Waals surface area contributed by atoms with Gasteiger partial charge in [0.05, 0.1) is 0 Å². The lowest BCUT2D eigenvalue weighted by Gasteiger charge is -2.06. The Morgan fingerprint density at radius 1 is 1.26 bits per heavy atom. The van der Waals surface area contributed by atoms with Crippen LogP contribution in [0.3, 0.4) is 0 Å². The first-order chi connectivity index (χ1) is 9.22. The summed E-state index contributed by atoms with van der Waals surface area (Å²) in [5.74, 6) is 0.0692. The van der Waals surface area contributed by atoms with Crippen molar-refractivity contribution in [3.63, 3.8) is 0 Å². The fourth-order valence-corrected chi connectivity index (χ4v) is 1.70. The molecule has 0 bridgehead atoms. The van der Waals surface area contributed by atoms with E-state index in [0.717, 1.165) is 23.6 Å².